The lowest BCUT2D eigenvalue weighted by Crippen LogP contribution is -2.45. The minimum absolute atomic E-state index is 0.322. The Morgan fingerprint density at radius 3 is 2.76 bits per heavy atom. The molecular formula is C16H22N4O. The second-order valence-corrected chi connectivity index (χ2v) is 5.46. The van der Waals surface area contributed by atoms with Crippen molar-refractivity contribution in [1.82, 2.24) is 9.78 Å². The Morgan fingerprint density at radius 2 is 2.10 bits per heavy atom. The zero-order valence-electron chi connectivity index (χ0n) is 12.6. The van der Waals surface area contributed by atoms with Gasteiger partial charge < -0.3 is 15.4 Å². The molecule has 0 radical (unpaired) electrons. The lowest BCUT2D eigenvalue weighted by atomic mass is 10.2. The molecule has 1 aromatic heterocycles. The van der Waals surface area contributed by atoms with Gasteiger partial charge in [-0.2, -0.15) is 5.10 Å². The smallest absolute Gasteiger partial charge is 0.137 e. The summed E-state index contributed by atoms with van der Waals surface area (Å²) in [5.74, 6) is 1.11. The van der Waals surface area contributed by atoms with Crippen molar-refractivity contribution < 1.29 is 4.74 Å². The molecule has 0 amide bonds. The molecule has 1 atom stereocenters. The summed E-state index contributed by atoms with van der Waals surface area (Å²) in [7, 11) is 0. The van der Waals surface area contributed by atoms with Crippen molar-refractivity contribution in [2.75, 3.05) is 24.7 Å². The first kappa shape index (κ1) is 14.1. The minimum atomic E-state index is 0.322. The van der Waals surface area contributed by atoms with Gasteiger partial charge in [0.1, 0.15) is 5.82 Å². The number of nitrogens with two attached hydrogens (primary N) is 1. The normalized spacial score (nSPS) is 19.0. The molecule has 112 valence electrons. The van der Waals surface area contributed by atoms with Crippen molar-refractivity contribution in [2.45, 2.75) is 26.4 Å². The highest BCUT2D eigenvalue weighted by Crippen LogP contribution is 2.29. The molecule has 1 aromatic carbocycles. The van der Waals surface area contributed by atoms with E-state index in [0.29, 0.717) is 12.6 Å². The molecule has 21 heavy (non-hydrogen) atoms. The van der Waals surface area contributed by atoms with E-state index < -0.39 is 0 Å². The van der Waals surface area contributed by atoms with E-state index in [2.05, 4.69) is 24.0 Å². The molecule has 2 N–H and O–H groups in total. The van der Waals surface area contributed by atoms with Crippen molar-refractivity contribution in [3.8, 4) is 5.69 Å². The van der Waals surface area contributed by atoms with Gasteiger partial charge in [-0.1, -0.05) is 18.2 Å². The predicted molar refractivity (Wildman–Crippen MR) is 83.8 cm³/mol. The maximum atomic E-state index is 5.98. The van der Waals surface area contributed by atoms with Crippen LogP contribution >= 0.6 is 0 Å². The summed E-state index contributed by atoms with van der Waals surface area (Å²) in [5, 5.41) is 4.72. The van der Waals surface area contributed by atoms with E-state index in [1.807, 2.05) is 29.8 Å². The number of aromatic nitrogens is 2. The summed E-state index contributed by atoms with van der Waals surface area (Å²) >= 11 is 0. The topological polar surface area (TPSA) is 56.3 Å². The fourth-order valence-corrected chi connectivity index (χ4v) is 2.87. The third-order valence-corrected chi connectivity index (χ3v) is 4.00. The molecule has 2 heterocycles. The Balaban J connectivity index is 2.12. The first-order valence-corrected chi connectivity index (χ1v) is 7.40. The minimum Gasteiger partial charge on any atom is -0.377 e. The molecule has 1 aliphatic rings. The van der Waals surface area contributed by atoms with E-state index >= 15 is 0 Å². The van der Waals surface area contributed by atoms with E-state index in [1.165, 1.54) is 0 Å². The van der Waals surface area contributed by atoms with Crippen LogP contribution in [0.15, 0.2) is 30.3 Å². The van der Waals surface area contributed by atoms with Crippen LogP contribution in [0.5, 0.6) is 0 Å². The highest BCUT2D eigenvalue weighted by molar-refractivity contribution is 5.56. The molecule has 3 rings (SSSR count). The maximum Gasteiger partial charge on any atom is 0.137 e. The SMILES string of the molecule is Cc1nn(-c2ccccc2)c(N2CCOCC2C)c1CN. The molecular weight excluding hydrogens is 264 g/mol. The lowest BCUT2D eigenvalue weighted by molar-refractivity contribution is 0.0982. The first-order valence-electron chi connectivity index (χ1n) is 7.40. The van der Waals surface area contributed by atoms with Crippen LogP contribution in [0.3, 0.4) is 0 Å². The number of benzene rings is 1. The average Bonchev–Trinajstić information content (AvgIpc) is 2.85. The molecule has 1 unspecified atom stereocenters. The third-order valence-electron chi connectivity index (χ3n) is 4.00. The molecule has 1 fully saturated rings. The fourth-order valence-electron chi connectivity index (χ4n) is 2.87. The summed E-state index contributed by atoms with van der Waals surface area (Å²) in [6.07, 6.45) is 0. The second kappa shape index (κ2) is 5.87. The number of rotatable bonds is 3. The molecule has 1 saturated heterocycles. The summed E-state index contributed by atoms with van der Waals surface area (Å²) in [4.78, 5) is 2.36. The molecule has 0 spiro atoms. The largest absolute Gasteiger partial charge is 0.377 e. The van der Waals surface area contributed by atoms with E-state index in [4.69, 9.17) is 15.6 Å². The average molecular weight is 286 g/mol. The number of anilines is 1. The van der Waals surface area contributed by atoms with Crippen LogP contribution in [0, 0.1) is 6.92 Å². The summed E-state index contributed by atoms with van der Waals surface area (Å²) in [5.41, 5.74) is 9.16. The standard InChI is InChI=1S/C16H22N4O/c1-12-11-21-9-8-19(12)16-15(10-17)13(2)18-20(16)14-6-4-3-5-7-14/h3-7,12H,8-11,17H2,1-2H3. The van der Waals surface area contributed by atoms with Crippen molar-refractivity contribution in [3.63, 3.8) is 0 Å². The highest BCUT2D eigenvalue weighted by Gasteiger charge is 2.26. The van der Waals surface area contributed by atoms with Gasteiger partial charge in [0.25, 0.3) is 0 Å². The molecule has 5 heteroatoms. The number of morpholine rings is 1. The number of hydrogen-bond donors (Lipinski definition) is 1. The van der Waals surface area contributed by atoms with Crippen LogP contribution in [0.25, 0.3) is 5.69 Å². The number of para-hydroxylation sites is 1. The second-order valence-electron chi connectivity index (χ2n) is 5.46. The number of nitrogens with zero attached hydrogens (tertiary/aromatic N) is 3. The number of ether oxygens (including phenoxy) is 1. The maximum absolute atomic E-state index is 5.98. The van der Waals surface area contributed by atoms with Crippen LogP contribution in [0.1, 0.15) is 18.2 Å². The van der Waals surface area contributed by atoms with Gasteiger partial charge in [0.15, 0.2) is 0 Å². The lowest BCUT2D eigenvalue weighted by Gasteiger charge is -2.36. The van der Waals surface area contributed by atoms with E-state index in [-0.39, 0.29) is 0 Å². The van der Waals surface area contributed by atoms with Gasteiger partial charge in [0.2, 0.25) is 0 Å². The molecule has 5 nitrogen and oxygen atoms in total. The van der Waals surface area contributed by atoms with Crippen molar-refractivity contribution in [1.29, 1.82) is 0 Å². The van der Waals surface area contributed by atoms with Gasteiger partial charge in [-0.15, -0.1) is 0 Å². The van der Waals surface area contributed by atoms with E-state index in [1.54, 1.807) is 0 Å². The Labute approximate surface area is 125 Å². The van der Waals surface area contributed by atoms with Crippen LogP contribution in [0.4, 0.5) is 5.82 Å². The van der Waals surface area contributed by atoms with Crippen LogP contribution in [-0.4, -0.2) is 35.6 Å². The molecule has 0 aliphatic carbocycles. The molecule has 0 bridgehead atoms. The first-order chi connectivity index (χ1) is 10.2. The summed E-state index contributed by atoms with van der Waals surface area (Å²) in [6.45, 7) is 7.05. The van der Waals surface area contributed by atoms with Gasteiger partial charge in [0, 0.05) is 18.7 Å². The third kappa shape index (κ3) is 2.54. The van der Waals surface area contributed by atoms with Crippen molar-refractivity contribution in [3.05, 3.63) is 41.6 Å². The zero-order valence-corrected chi connectivity index (χ0v) is 12.6. The zero-order chi connectivity index (χ0) is 14.8. The Hall–Kier alpha value is -1.85. The van der Waals surface area contributed by atoms with Crippen molar-refractivity contribution in [2.24, 2.45) is 5.73 Å². The van der Waals surface area contributed by atoms with Gasteiger partial charge in [-0.05, 0) is 26.0 Å². The van der Waals surface area contributed by atoms with Gasteiger partial charge >= 0.3 is 0 Å². The van der Waals surface area contributed by atoms with Crippen LogP contribution in [0.2, 0.25) is 0 Å². The quantitative estimate of drug-likeness (QED) is 0.936. The number of hydrogen-bond acceptors (Lipinski definition) is 4. The summed E-state index contributed by atoms with van der Waals surface area (Å²) < 4.78 is 7.57. The Kier molecular flexibility index (Phi) is 3.94. The number of aryl methyl sites for hydroxylation is 1. The molecule has 1 aliphatic heterocycles. The Morgan fingerprint density at radius 1 is 1.33 bits per heavy atom. The molecule has 2 aromatic rings. The highest BCUT2D eigenvalue weighted by atomic mass is 16.5. The van der Waals surface area contributed by atoms with Crippen LogP contribution in [-0.2, 0) is 11.3 Å². The monoisotopic (exact) mass is 286 g/mol. The van der Waals surface area contributed by atoms with E-state index in [9.17, 15) is 0 Å². The van der Waals surface area contributed by atoms with Gasteiger partial charge in [-0.3, -0.25) is 0 Å². The fraction of sp³-hybridized carbons (Fsp3) is 0.438. The molecule has 0 saturated carbocycles. The van der Waals surface area contributed by atoms with E-state index in [0.717, 1.165) is 42.5 Å². The van der Waals surface area contributed by atoms with Crippen molar-refractivity contribution >= 4 is 5.82 Å². The van der Waals surface area contributed by atoms with Gasteiger partial charge in [0.05, 0.1) is 30.6 Å². The Bertz CT molecular complexity index is 608. The predicted octanol–water partition coefficient (Wildman–Crippen LogP) is 1.86. The summed E-state index contributed by atoms with van der Waals surface area (Å²) in [6, 6.07) is 10.5. The van der Waals surface area contributed by atoms with Crippen LogP contribution < -0.4 is 10.6 Å². The van der Waals surface area contributed by atoms with Gasteiger partial charge in [-0.25, -0.2) is 4.68 Å².